The van der Waals surface area contributed by atoms with Crippen LogP contribution in [0.2, 0.25) is 0 Å². The van der Waals surface area contributed by atoms with Crippen LogP contribution in [0.5, 0.6) is 0 Å². The molecule has 0 atom stereocenters. The van der Waals surface area contributed by atoms with Crippen molar-refractivity contribution in [1.82, 2.24) is 0 Å². The highest BCUT2D eigenvalue weighted by Gasteiger charge is 2.05. The molecule has 0 saturated carbocycles. The second-order valence-electron chi connectivity index (χ2n) is 1.54. The molecule has 0 unspecified atom stereocenters. The van der Waals surface area contributed by atoms with E-state index >= 15 is 0 Å². The predicted octanol–water partition coefficient (Wildman–Crippen LogP) is 0.993. The van der Waals surface area contributed by atoms with Crippen molar-refractivity contribution in [2.75, 3.05) is 6.26 Å². The Balaban J connectivity index is 2.58. The minimum Gasteiger partial charge on any atom is -0.244 e. The zero-order chi connectivity index (χ0) is 6.69. The Morgan fingerprint density at radius 1 is 1.56 bits per heavy atom. The fraction of sp³-hybridized carbons (Fsp3) is 0.400. The highest BCUT2D eigenvalue weighted by molar-refractivity contribution is 8.00. The van der Waals surface area contributed by atoms with Crippen LogP contribution in [0, 0.1) is 0 Å². The summed E-state index contributed by atoms with van der Waals surface area (Å²) in [6.45, 7) is 0. The lowest BCUT2D eigenvalue weighted by atomic mass is 10.5. The minimum absolute atomic E-state index is 0.183. The summed E-state index contributed by atoms with van der Waals surface area (Å²) in [6.07, 6.45) is 5.14. The molecule has 1 rings (SSSR count). The maximum absolute atomic E-state index is 10.3. The number of carbonyl (C=O) groups is 1. The molecule has 48 valence electrons. The Morgan fingerprint density at radius 2 is 2.11 bits per heavy atom. The zero-order valence-electron chi connectivity index (χ0n) is 4.94. The first-order chi connectivity index (χ1) is 4.33. The van der Waals surface area contributed by atoms with Crippen LogP contribution >= 0.6 is 11.8 Å². The molecule has 4 heteroatoms. The Kier molecular flexibility index (Phi) is 2.00. The molecule has 1 aliphatic heterocycles. The van der Waals surface area contributed by atoms with Crippen LogP contribution in [0.3, 0.4) is 0 Å². The molecule has 0 saturated heterocycles. The van der Waals surface area contributed by atoms with Crippen LogP contribution in [-0.4, -0.2) is 30.0 Å². The predicted molar refractivity (Wildman–Crippen MR) is 39.7 cm³/mol. The summed E-state index contributed by atoms with van der Waals surface area (Å²) < 4.78 is 0. The van der Waals surface area contributed by atoms with E-state index in [1.54, 1.807) is 24.2 Å². The normalized spacial score (nSPS) is 19.0. The van der Waals surface area contributed by atoms with E-state index in [0.717, 1.165) is 0 Å². The van der Waals surface area contributed by atoms with Gasteiger partial charge in [0.15, 0.2) is 0 Å². The maximum atomic E-state index is 10.3. The molecule has 0 bridgehead atoms. The quantitative estimate of drug-likeness (QED) is 0.548. The topological polar surface area (TPSA) is 41.8 Å². The summed E-state index contributed by atoms with van der Waals surface area (Å²) >= 11 is 1.60. The largest absolute Gasteiger partial charge is 0.366 e. The molecule has 2 amide bonds. The van der Waals surface area contributed by atoms with Crippen molar-refractivity contribution in [1.29, 1.82) is 0 Å². The van der Waals surface area contributed by atoms with Gasteiger partial charge in [-0.2, -0.15) is 11.8 Å². The van der Waals surface area contributed by atoms with E-state index in [4.69, 9.17) is 0 Å². The third-order valence-corrected chi connectivity index (χ3v) is 1.72. The van der Waals surface area contributed by atoms with Crippen LogP contribution in [0.1, 0.15) is 0 Å². The van der Waals surface area contributed by atoms with Gasteiger partial charge in [0.1, 0.15) is 0 Å². The lowest BCUT2D eigenvalue weighted by Crippen LogP contribution is -2.11. The second-order valence-corrected chi connectivity index (χ2v) is 2.55. The van der Waals surface area contributed by atoms with Crippen LogP contribution in [0.25, 0.3) is 0 Å². The molecule has 0 N–H and O–H groups in total. The molecule has 3 nitrogen and oxygen atoms in total. The summed E-state index contributed by atoms with van der Waals surface area (Å²) in [7, 11) is 0. The van der Waals surface area contributed by atoms with Crippen LogP contribution in [-0.2, 0) is 0 Å². The van der Waals surface area contributed by atoms with Gasteiger partial charge in [0, 0.05) is 12.4 Å². The van der Waals surface area contributed by atoms with Crippen molar-refractivity contribution in [2.45, 2.75) is 5.25 Å². The molecule has 1 aliphatic rings. The van der Waals surface area contributed by atoms with Crippen molar-refractivity contribution < 1.29 is 4.79 Å². The molecular weight excluding hydrogens is 136 g/mol. The van der Waals surface area contributed by atoms with Gasteiger partial charge >= 0.3 is 6.03 Å². The van der Waals surface area contributed by atoms with Gasteiger partial charge in [-0.3, -0.25) is 0 Å². The molecular formula is C5H6N2OS. The lowest BCUT2D eigenvalue weighted by Gasteiger charge is -2.02. The maximum Gasteiger partial charge on any atom is 0.366 e. The molecule has 0 aromatic heterocycles. The Hall–Kier alpha value is -0.640. The molecule has 0 aliphatic carbocycles. The zero-order valence-corrected chi connectivity index (χ0v) is 5.76. The van der Waals surface area contributed by atoms with Crippen molar-refractivity contribution in [3.63, 3.8) is 0 Å². The number of urea groups is 1. The Bertz CT molecular complexity index is 160. The van der Waals surface area contributed by atoms with E-state index in [9.17, 15) is 4.79 Å². The number of hydrogen-bond acceptors (Lipinski definition) is 2. The van der Waals surface area contributed by atoms with Gasteiger partial charge in [-0.1, -0.05) is 0 Å². The number of aliphatic imine (C=N–C) groups is 2. The summed E-state index contributed by atoms with van der Waals surface area (Å²) in [6, 6.07) is -0.403. The summed E-state index contributed by atoms with van der Waals surface area (Å²) in [4.78, 5) is 17.3. The fourth-order valence-electron chi connectivity index (χ4n) is 0.468. The molecule has 0 fully saturated rings. The highest BCUT2D eigenvalue weighted by Crippen LogP contribution is 2.04. The Morgan fingerprint density at radius 3 is 2.56 bits per heavy atom. The molecule has 9 heavy (non-hydrogen) atoms. The van der Waals surface area contributed by atoms with Crippen molar-refractivity contribution in [3.8, 4) is 0 Å². The van der Waals surface area contributed by atoms with Gasteiger partial charge in [-0.15, -0.1) is 0 Å². The van der Waals surface area contributed by atoms with E-state index in [1.807, 2.05) is 6.26 Å². The molecule has 0 aromatic carbocycles. The van der Waals surface area contributed by atoms with E-state index in [-0.39, 0.29) is 5.25 Å². The van der Waals surface area contributed by atoms with E-state index in [0.29, 0.717) is 0 Å². The van der Waals surface area contributed by atoms with Gasteiger partial charge in [0.2, 0.25) is 0 Å². The number of hydrogen-bond donors (Lipinski definition) is 0. The SMILES string of the molecule is CSC1C=NC(=O)N=C1. The average Bonchev–Trinajstić information content (AvgIpc) is 1.90. The van der Waals surface area contributed by atoms with Crippen molar-refractivity contribution in [2.24, 2.45) is 9.98 Å². The van der Waals surface area contributed by atoms with Crippen molar-refractivity contribution in [3.05, 3.63) is 0 Å². The monoisotopic (exact) mass is 142 g/mol. The standard InChI is InChI=1S/C5H6N2OS/c1-9-4-2-6-5(8)7-3-4/h2-4H,1H3. The average molecular weight is 142 g/mol. The molecule has 1 heterocycles. The number of rotatable bonds is 1. The van der Waals surface area contributed by atoms with E-state index in [2.05, 4.69) is 9.98 Å². The second kappa shape index (κ2) is 2.77. The summed E-state index contributed by atoms with van der Waals surface area (Å²) in [5.74, 6) is 0. The number of thioether (sulfide) groups is 1. The first-order valence-electron chi connectivity index (χ1n) is 2.48. The van der Waals surface area contributed by atoms with Gasteiger partial charge in [-0.25, -0.2) is 14.8 Å². The fourth-order valence-corrected chi connectivity index (χ4v) is 0.833. The van der Waals surface area contributed by atoms with Gasteiger partial charge < -0.3 is 0 Å². The molecule has 0 aromatic rings. The molecule has 0 radical (unpaired) electrons. The summed E-state index contributed by atoms with van der Waals surface area (Å²) in [5, 5.41) is 0.183. The van der Waals surface area contributed by atoms with Crippen LogP contribution in [0.15, 0.2) is 9.98 Å². The van der Waals surface area contributed by atoms with Crippen LogP contribution in [0.4, 0.5) is 4.79 Å². The number of carbonyl (C=O) groups excluding carboxylic acids is 1. The third-order valence-electron chi connectivity index (χ3n) is 0.936. The third kappa shape index (κ3) is 1.64. The smallest absolute Gasteiger partial charge is 0.244 e. The summed E-state index contributed by atoms with van der Waals surface area (Å²) in [5.41, 5.74) is 0. The Labute approximate surface area is 57.3 Å². The lowest BCUT2D eigenvalue weighted by molar-refractivity contribution is 0.257. The minimum atomic E-state index is -0.403. The number of amides is 2. The van der Waals surface area contributed by atoms with Gasteiger partial charge in [0.05, 0.1) is 5.25 Å². The van der Waals surface area contributed by atoms with Crippen molar-refractivity contribution >= 4 is 30.2 Å². The first-order valence-corrected chi connectivity index (χ1v) is 3.77. The van der Waals surface area contributed by atoms with Crippen LogP contribution < -0.4 is 0 Å². The first kappa shape index (κ1) is 6.48. The van der Waals surface area contributed by atoms with E-state index in [1.165, 1.54) is 0 Å². The van der Waals surface area contributed by atoms with E-state index < -0.39 is 6.03 Å². The van der Waals surface area contributed by atoms with Gasteiger partial charge in [-0.05, 0) is 6.26 Å². The van der Waals surface area contributed by atoms with Gasteiger partial charge in [0.25, 0.3) is 0 Å². The number of nitrogens with zero attached hydrogens (tertiary/aromatic N) is 2. The highest BCUT2D eigenvalue weighted by atomic mass is 32.2. The molecule has 0 spiro atoms.